The minimum Gasteiger partial charge on any atom is -0.431 e. The first kappa shape index (κ1) is 106. The first-order valence-corrected chi connectivity index (χ1v) is 45.6. The van der Waals surface area contributed by atoms with E-state index in [0.717, 1.165) is 48.2 Å². The molecule has 0 bridgehead atoms. The number of aliphatic hydroxyl groups excluding tert-OH is 1. The van der Waals surface area contributed by atoms with Crippen molar-refractivity contribution in [2.24, 2.45) is 53.3 Å². The molecule has 123 heavy (non-hydrogen) atoms. The lowest BCUT2D eigenvalue weighted by atomic mass is 9.80. The Morgan fingerprint density at radius 3 is 1.88 bits per heavy atom. The number of carbonyl (C=O) groups excluding carboxylic acids is 13. The van der Waals surface area contributed by atoms with E-state index in [-0.39, 0.29) is 183 Å². The van der Waals surface area contributed by atoms with Crippen molar-refractivity contribution in [2.75, 3.05) is 120 Å². The number of thiazole rings is 1. The Morgan fingerprint density at radius 2 is 1.30 bits per heavy atom. The number of nitrogens with one attached hydrogen (secondary N) is 1. The van der Waals surface area contributed by atoms with Crippen molar-refractivity contribution in [1.29, 1.82) is 0 Å². The second-order valence-corrected chi connectivity index (χ2v) is 35.6. The molecule has 0 aliphatic carbocycles. The third kappa shape index (κ3) is 35.8. The van der Waals surface area contributed by atoms with Crippen LogP contribution in [0.4, 0.5) is 4.79 Å². The van der Waals surface area contributed by atoms with E-state index in [1.807, 2.05) is 117 Å². The van der Waals surface area contributed by atoms with E-state index < -0.39 is 60.0 Å². The standard InChI is InChI=1S/C58H86N6O9S.C36H60N2O10.CH4/c1-13-40(7)53(50(72-12)35-51(68)64-26-17-20-47(64)46(36-65)41(8)48(66)33-44(55-59-25-31-74-55)32-42-18-15-14-16-19-42)61(10)56(69)45(37(2)3)34-49(67)52(38(4)5)62(11)58(71)73-54(43-23-21-39(6)22-24-43)57(70)63-29-27-60(9)28-30-63;1-5-33(42)29(11-10-17-37-28(4)39)25-34(43)32(27(2)3)26-31(41)16-20-47-22-24-48-23-21-46-19-9-7-6-8-12-30(40)15-18-38-35(44)13-14-36(38)45;/h14-16,18-19,21-25,31,37-38,40-41,44-47,50,52-54,65H,13,17,20,26-30,32-36H2,1-12H3;27,29,32H,5-26H2,1-4H3,(H,37,39);1H4/t40-,41+,44+,45-,46+,47-,50+,52-,53-,54?;29-,32+;/m01./s1/i;;1T. The molecule has 3 aliphatic heterocycles. The van der Waals surface area contributed by atoms with Crippen LogP contribution in [0.25, 0.3) is 0 Å². The molecule has 0 spiro atoms. The fourth-order valence-electron chi connectivity index (χ4n) is 16.7. The van der Waals surface area contributed by atoms with E-state index in [0.29, 0.717) is 123 Å². The molecule has 28 heteroatoms. The van der Waals surface area contributed by atoms with Gasteiger partial charge in [0.1, 0.15) is 28.9 Å². The van der Waals surface area contributed by atoms with Crippen molar-refractivity contribution in [3.05, 3.63) is 87.9 Å². The van der Waals surface area contributed by atoms with Gasteiger partial charge in [-0.25, -0.2) is 9.78 Å². The van der Waals surface area contributed by atoms with Gasteiger partial charge in [-0.3, -0.25) is 62.4 Å². The number of imide groups is 1. The maximum Gasteiger partial charge on any atom is 0.411 e. The number of aromatic nitrogens is 1. The number of ketones is 6. The molecule has 3 fully saturated rings. The van der Waals surface area contributed by atoms with E-state index in [1.54, 1.807) is 49.2 Å². The Kier molecular flexibility index (Phi) is 48.9. The smallest absolute Gasteiger partial charge is 0.411 e. The zero-order valence-electron chi connectivity index (χ0n) is 78.1. The number of piperazine rings is 1. The fourth-order valence-corrected chi connectivity index (χ4v) is 17.5. The highest BCUT2D eigenvalue weighted by atomic mass is 32.1. The quantitative estimate of drug-likeness (QED) is 0.0391. The lowest BCUT2D eigenvalue weighted by Crippen LogP contribution is -2.54. The molecular weight excluding hydrogens is 1590 g/mol. The second kappa shape index (κ2) is 57.0. The Balaban J connectivity index is 0.000000559. The number of benzene rings is 2. The largest absolute Gasteiger partial charge is 0.431 e. The average molecular weight is 1740 g/mol. The summed E-state index contributed by atoms with van der Waals surface area (Å²) in [6.07, 6.45) is 8.55. The topological polar surface area (TPSA) is 333 Å². The average Bonchev–Trinajstić information content (AvgIpc) is 1.29. The van der Waals surface area contributed by atoms with Gasteiger partial charge < -0.3 is 58.6 Å². The van der Waals surface area contributed by atoms with Gasteiger partial charge in [0.15, 0.2) is 5.78 Å². The van der Waals surface area contributed by atoms with Crippen LogP contribution in [0, 0.1) is 60.2 Å². The minimum atomic E-state index is -1.21. The summed E-state index contributed by atoms with van der Waals surface area (Å²) in [5.74, 6) is -4.99. The number of unbranched alkanes of at least 4 members (excludes halogenated alkanes) is 3. The number of likely N-dealkylation sites (tertiary alicyclic amines) is 2. The maximum absolute atomic E-state index is 14.9. The monoisotopic (exact) mass is 1740 g/mol. The summed E-state index contributed by atoms with van der Waals surface area (Å²) in [5.41, 5.74) is 2.65. The Hall–Kier alpha value is -7.86. The van der Waals surface area contributed by atoms with Gasteiger partial charge in [-0.1, -0.05) is 156 Å². The number of nitrogens with zero attached hydrogens (tertiary/aromatic N) is 7. The predicted octanol–water partition coefficient (Wildman–Crippen LogP) is 12.9. The Labute approximate surface area is 739 Å². The number of amides is 7. The van der Waals surface area contributed by atoms with Crippen LogP contribution in [-0.4, -0.2) is 260 Å². The zero-order valence-corrected chi connectivity index (χ0v) is 77.9. The van der Waals surface area contributed by atoms with Crippen molar-refractivity contribution in [3.63, 3.8) is 0 Å². The number of ether oxygens (including phenoxy) is 5. The van der Waals surface area contributed by atoms with E-state index in [2.05, 4.69) is 27.3 Å². The third-order valence-electron chi connectivity index (χ3n) is 24.5. The molecule has 3 aromatic rings. The number of hydrogen-bond donors (Lipinski definition) is 2. The SMILES string of the molecule is CCC(=O)[C@H](CCCNC(C)=O)CC(=O)[C@@H](CC(=O)CCOCCOCCOCCCCCCC(=O)CCN1C(=O)CCC1=O)C(C)C.CC[C@H](C)[C@@H]([C@@H](CC(=O)N1CCC[C@H]1[C@H](CO)[C@@H](C)C(=O)C[C@@H](Cc1ccccc1)c1nccs1)OC)N(C)C(=O)[C@@H](CC(=O)[C@H](C(C)C)N(C)C(=O)OC(C(=O)N1CCN(C)CC1)c1ccc(C)cc1)C(C)C.[3H]C. The van der Waals surface area contributed by atoms with Gasteiger partial charge in [0.2, 0.25) is 35.6 Å². The summed E-state index contributed by atoms with van der Waals surface area (Å²) in [6, 6.07) is 15.5. The molecule has 7 amide bonds. The molecule has 3 saturated heterocycles. The zero-order chi connectivity index (χ0) is 92.1. The van der Waals surface area contributed by atoms with E-state index in [4.69, 9.17) is 25.1 Å². The highest BCUT2D eigenvalue weighted by molar-refractivity contribution is 7.09. The second-order valence-electron chi connectivity index (χ2n) is 34.7. The van der Waals surface area contributed by atoms with Gasteiger partial charge in [-0.15, -0.1) is 11.3 Å². The van der Waals surface area contributed by atoms with E-state index in [9.17, 15) is 67.4 Å². The molecule has 6 rings (SSSR count). The molecule has 2 N–H and O–H groups in total. The van der Waals surface area contributed by atoms with Crippen molar-refractivity contribution < 1.29 is 92.5 Å². The van der Waals surface area contributed by atoms with Gasteiger partial charge in [-0.05, 0) is 88.2 Å². The van der Waals surface area contributed by atoms with Gasteiger partial charge >= 0.3 is 6.09 Å². The van der Waals surface area contributed by atoms with Crippen molar-refractivity contribution in [3.8, 4) is 0 Å². The van der Waals surface area contributed by atoms with Crippen LogP contribution < -0.4 is 5.32 Å². The summed E-state index contributed by atoms with van der Waals surface area (Å²) in [5, 5.41) is 16.5. The molecular formula is C95H150N8O19S. The Bertz CT molecular complexity index is 3730. The molecule has 4 heterocycles. The highest BCUT2D eigenvalue weighted by Crippen LogP contribution is 2.37. The summed E-state index contributed by atoms with van der Waals surface area (Å²) in [4.78, 5) is 185. The summed E-state index contributed by atoms with van der Waals surface area (Å²) in [7, 11) is 8.02. The lowest BCUT2D eigenvalue weighted by Gasteiger charge is -2.41. The van der Waals surface area contributed by atoms with E-state index >= 15 is 0 Å². The fraction of sp³-hybridized carbons (Fsp3) is 0.705. The number of aryl methyl sites for hydroxylation is 1. The normalized spacial score (nSPS) is 17.1. The molecule has 0 radical (unpaired) electrons. The van der Waals surface area contributed by atoms with Crippen LogP contribution in [0.15, 0.2) is 66.2 Å². The molecule has 12 atom stereocenters. The number of hydrogen-bond acceptors (Lipinski definition) is 22. The first-order valence-electron chi connectivity index (χ1n) is 45.7. The predicted molar refractivity (Wildman–Crippen MR) is 476 cm³/mol. The summed E-state index contributed by atoms with van der Waals surface area (Å²) < 4.78 is 34.6. The maximum atomic E-state index is 14.9. The van der Waals surface area contributed by atoms with Gasteiger partial charge in [-0.2, -0.15) is 0 Å². The van der Waals surface area contributed by atoms with Crippen molar-refractivity contribution in [1.82, 2.24) is 39.7 Å². The molecule has 1 aromatic heterocycles. The number of aliphatic hydroxyl groups is 1. The van der Waals surface area contributed by atoms with Crippen LogP contribution in [0.1, 0.15) is 247 Å². The van der Waals surface area contributed by atoms with Gasteiger partial charge in [0, 0.05) is 211 Å². The van der Waals surface area contributed by atoms with E-state index in [1.165, 1.54) is 42.5 Å². The molecule has 2 aromatic carbocycles. The number of likely N-dealkylation sites (N-methyl/N-ethyl adjacent to an activating group) is 3. The summed E-state index contributed by atoms with van der Waals surface area (Å²) >= 11 is 1.53. The number of carbonyl (C=O) groups is 13. The third-order valence-corrected chi connectivity index (χ3v) is 25.5. The van der Waals surface area contributed by atoms with Gasteiger partial charge in [0.25, 0.3) is 5.91 Å². The van der Waals surface area contributed by atoms with Crippen LogP contribution in [-0.2, 0) is 87.6 Å². The minimum absolute atomic E-state index is 0.0236. The highest BCUT2D eigenvalue weighted by Gasteiger charge is 2.45. The van der Waals surface area contributed by atoms with Crippen LogP contribution in [0.2, 0.25) is 0 Å². The van der Waals surface area contributed by atoms with Crippen molar-refractivity contribution in [2.45, 2.75) is 262 Å². The lowest BCUT2D eigenvalue weighted by molar-refractivity contribution is -0.148. The molecule has 27 nitrogen and oxygen atoms in total. The van der Waals surface area contributed by atoms with Crippen molar-refractivity contribution >= 4 is 87.6 Å². The molecule has 3 aliphatic rings. The molecule has 0 saturated carbocycles. The molecule has 1 unspecified atom stereocenters. The number of Topliss-reactive ketones (excluding diaryl/α,β-unsaturated/α-hetero) is 6. The number of rotatable bonds is 57. The first-order chi connectivity index (χ1) is 59.2. The Morgan fingerprint density at radius 1 is 0.675 bits per heavy atom. The van der Waals surface area contributed by atoms with Crippen LogP contribution >= 0.6 is 11.3 Å². The van der Waals surface area contributed by atoms with Crippen LogP contribution in [0.3, 0.4) is 0 Å². The van der Waals surface area contributed by atoms with Gasteiger partial charge in [0.05, 0.1) is 62.7 Å². The summed E-state index contributed by atoms with van der Waals surface area (Å²) in [6.45, 7) is 28.2. The number of methoxy groups -OCH3 is 1. The molecule has 690 valence electrons. The van der Waals surface area contributed by atoms with Crippen LogP contribution in [0.5, 0.6) is 0 Å².